The third-order valence-electron chi connectivity index (χ3n) is 4.90. The van der Waals surface area contributed by atoms with E-state index in [0.717, 1.165) is 25.3 Å². The number of nitrogens with one attached hydrogen (secondary N) is 2. The maximum atomic E-state index is 13.3. The maximum Gasteiger partial charge on any atom is 0.243 e. The second-order valence-electron chi connectivity index (χ2n) is 6.75. The lowest BCUT2D eigenvalue weighted by Crippen LogP contribution is -2.54. The monoisotopic (exact) mass is 384 g/mol. The Morgan fingerprint density at radius 2 is 1.96 bits per heavy atom. The molecular weight excluding hydrogens is 359 g/mol. The predicted molar refractivity (Wildman–Crippen MR) is 95.1 cm³/mol. The highest BCUT2D eigenvalue weighted by Gasteiger charge is 2.35. The highest BCUT2D eigenvalue weighted by Crippen LogP contribution is 2.19. The minimum atomic E-state index is -3.74. The SMILES string of the molecule is CCCC1CC(C(=O)N2CCN(S(=O)(=O)c3cccc(F)c3)CC2)NN1. The van der Waals surface area contributed by atoms with Gasteiger partial charge < -0.3 is 4.90 Å². The van der Waals surface area contributed by atoms with Crippen molar-refractivity contribution in [1.29, 1.82) is 0 Å². The van der Waals surface area contributed by atoms with Gasteiger partial charge in [-0.3, -0.25) is 10.2 Å². The quantitative estimate of drug-likeness (QED) is 0.781. The van der Waals surface area contributed by atoms with E-state index in [1.54, 1.807) is 4.90 Å². The van der Waals surface area contributed by atoms with Crippen LogP contribution < -0.4 is 10.9 Å². The lowest BCUT2D eigenvalue weighted by atomic mass is 10.1. The Hall–Kier alpha value is -1.55. The summed E-state index contributed by atoms with van der Waals surface area (Å²) in [4.78, 5) is 14.3. The third kappa shape index (κ3) is 4.06. The van der Waals surface area contributed by atoms with Crippen molar-refractivity contribution >= 4 is 15.9 Å². The number of nitrogens with zero attached hydrogens (tertiary/aromatic N) is 2. The van der Waals surface area contributed by atoms with E-state index in [9.17, 15) is 17.6 Å². The number of benzene rings is 1. The zero-order valence-electron chi connectivity index (χ0n) is 14.8. The molecule has 2 heterocycles. The number of hydrogen-bond acceptors (Lipinski definition) is 5. The van der Waals surface area contributed by atoms with Crippen LogP contribution in [0, 0.1) is 5.82 Å². The first-order chi connectivity index (χ1) is 12.4. The molecule has 7 nitrogen and oxygen atoms in total. The molecule has 1 amide bonds. The zero-order chi connectivity index (χ0) is 18.7. The summed E-state index contributed by atoms with van der Waals surface area (Å²) in [5.41, 5.74) is 6.20. The van der Waals surface area contributed by atoms with E-state index in [1.807, 2.05) is 0 Å². The highest BCUT2D eigenvalue weighted by molar-refractivity contribution is 7.89. The lowest BCUT2D eigenvalue weighted by Gasteiger charge is -2.35. The van der Waals surface area contributed by atoms with Crippen molar-refractivity contribution in [2.45, 2.75) is 43.2 Å². The van der Waals surface area contributed by atoms with Gasteiger partial charge in [-0.25, -0.2) is 18.2 Å². The second kappa shape index (κ2) is 7.99. The van der Waals surface area contributed by atoms with Gasteiger partial charge in [0.1, 0.15) is 11.9 Å². The van der Waals surface area contributed by atoms with Crippen LogP contribution in [0.5, 0.6) is 0 Å². The number of piperazine rings is 1. The summed E-state index contributed by atoms with van der Waals surface area (Å²) >= 11 is 0. The van der Waals surface area contributed by atoms with Gasteiger partial charge >= 0.3 is 0 Å². The van der Waals surface area contributed by atoms with Crippen molar-refractivity contribution in [3.63, 3.8) is 0 Å². The van der Waals surface area contributed by atoms with Gasteiger partial charge in [0.2, 0.25) is 15.9 Å². The number of halogens is 1. The van der Waals surface area contributed by atoms with Crippen LogP contribution in [0.2, 0.25) is 0 Å². The number of sulfonamides is 1. The maximum absolute atomic E-state index is 13.3. The molecule has 0 saturated carbocycles. The predicted octanol–water partition coefficient (Wildman–Crippen LogP) is 0.694. The van der Waals surface area contributed by atoms with E-state index < -0.39 is 15.8 Å². The van der Waals surface area contributed by atoms with E-state index >= 15 is 0 Å². The number of carbonyl (C=O) groups is 1. The van der Waals surface area contributed by atoms with Crippen LogP contribution in [-0.4, -0.2) is 61.8 Å². The Kier molecular flexibility index (Phi) is 5.91. The van der Waals surface area contributed by atoms with Crippen LogP contribution in [0.25, 0.3) is 0 Å². The van der Waals surface area contributed by atoms with Crippen molar-refractivity contribution in [3.8, 4) is 0 Å². The van der Waals surface area contributed by atoms with Crippen LogP contribution in [0.15, 0.2) is 29.2 Å². The summed E-state index contributed by atoms with van der Waals surface area (Å²) in [5, 5.41) is 0. The van der Waals surface area contributed by atoms with Crippen LogP contribution in [0.1, 0.15) is 26.2 Å². The molecule has 144 valence electrons. The van der Waals surface area contributed by atoms with Gasteiger partial charge in [-0.1, -0.05) is 19.4 Å². The molecule has 9 heteroatoms. The molecule has 2 fully saturated rings. The summed E-state index contributed by atoms with van der Waals surface area (Å²) in [7, 11) is -3.74. The number of hydrazine groups is 1. The molecule has 0 bridgehead atoms. The third-order valence-corrected chi connectivity index (χ3v) is 6.80. The normalized spacial score (nSPS) is 24.8. The minimum absolute atomic E-state index is 0.00101. The summed E-state index contributed by atoms with van der Waals surface area (Å²) in [6, 6.07) is 5.03. The molecule has 1 aromatic carbocycles. The van der Waals surface area contributed by atoms with Gasteiger partial charge in [-0.15, -0.1) is 0 Å². The molecule has 2 N–H and O–H groups in total. The first-order valence-corrected chi connectivity index (χ1v) is 10.4. The summed E-state index contributed by atoms with van der Waals surface area (Å²) in [5.74, 6) is -0.583. The van der Waals surface area contributed by atoms with Gasteiger partial charge in [0.25, 0.3) is 0 Å². The molecule has 1 aromatic rings. The molecule has 2 atom stereocenters. The van der Waals surface area contributed by atoms with Crippen molar-refractivity contribution in [3.05, 3.63) is 30.1 Å². The first kappa shape index (κ1) is 19.2. The zero-order valence-corrected chi connectivity index (χ0v) is 15.6. The molecule has 26 heavy (non-hydrogen) atoms. The average Bonchev–Trinajstić information content (AvgIpc) is 3.10. The van der Waals surface area contributed by atoms with Crippen LogP contribution >= 0.6 is 0 Å². The molecule has 3 rings (SSSR count). The van der Waals surface area contributed by atoms with Crippen LogP contribution in [0.3, 0.4) is 0 Å². The smallest absolute Gasteiger partial charge is 0.243 e. The number of rotatable bonds is 5. The number of amides is 1. The van der Waals surface area contributed by atoms with Crippen molar-refractivity contribution in [2.75, 3.05) is 26.2 Å². The lowest BCUT2D eigenvalue weighted by molar-refractivity contribution is -0.134. The standard InChI is InChI=1S/C17H25FN4O3S/c1-2-4-14-12-16(20-19-14)17(23)21-7-9-22(10-8-21)26(24,25)15-6-3-5-13(18)11-15/h3,5-6,11,14,16,19-20H,2,4,7-10,12H2,1H3. The van der Waals surface area contributed by atoms with Gasteiger partial charge in [0, 0.05) is 32.2 Å². The first-order valence-electron chi connectivity index (χ1n) is 8.97. The molecule has 2 aliphatic heterocycles. The van der Waals surface area contributed by atoms with Crippen LogP contribution in [-0.2, 0) is 14.8 Å². The largest absolute Gasteiger partial charge is 0.339 e. The fourth-order valence-corrected chi connectivity index (χ4v) is 4.92. The van der Waals surface area contributed by atoms with E-state index in [0.29, 0.717) is 19.1 Å². The summed E-state index contributed by atoms with van der Waals surface area (Å²) < 4.78 is 39.9. The molecule has 0 aromatic heterocycles. The van der Waals surface area contributed by atoms with Gasteiger partial charge in [-0.05, 0) is 31.0 Å². The van der Waals surface area contributed by atoms with Crippen LogP contribution in [0.4, 0.5) is 4.39 Å². The van der Waals surface area contributed by atoms with E-state index in [-0.39, 0.29) is 29.9 Å². The van der Waals surface area contributed by atoms with Gasteiger partial charge in [0.15, 0.2) is 0 Å². The Balaban J connectivity index is 1.58. The molecule has 2 aliphatic rings. The van der Waals surface area contributed by atoms with Crippen molar-refractivity contribution in [2.24, 2.45) is 0 Å². The Labute approximate surface area is 153 Å². The van der Waals surface area contributed by atoms with Gasteiger partial charge in [0.05, 0.1) is 4.90 Å². The molecule has 0 spiro atoms. The fourth-order valence-electron chi connectivity index (χ4n) is 3.47. The van der Waals surface area contributed by atoms with E-state index in [2.05, 4.69) is 17.8 Å². The number of carbonyl (C=O) groups excluding carboxylic acids is 1. The summed E-state index contributed by atoms with van der Waals surface area (Å²) in [6.07, 6.45) is 2.81. The average molecular weight is 384 g/mol. The Morgan fingerprint density at radius 3 is 2.62 bits per heavy atom. The molecule has 0 aliphatic carbocycles. The highest BCUT2D eigenvalue weighted by atomic mass is 32.2. The topological polar surface area (TPSA) is 81.8 Å². The van der Waals surface area contributed by atoms with Gasteiger partial charge in [-0.2, -0.15) is 4.31 Å². The molecule has 0 radical (unpaired) electrons. The van der Waals surface area contributed by atoms with E-state index in [1.165, 1.54) is 22.5 Å². The molecule has 2 unspecified atom stereocenters. The number of hydrogen-bond donors (Lipinski definition) is 2. The van der Waals surface area contributed by atoms with Crippen molar-refractivity contribution in [1.82, 2.24) is 20.1 Å². The van der Waals surface area contributed by atoms with Crippen molar-refractivity contribution < 1.29 is 17.6 Å². The summed E-state index contributed by atoms with van der Waals surface area (Å²) in [6.45, 7) is 3.20. The molecular formula is C17H25FN4O3S. The Morgan fingerprint density at radius 1 is 1.23 bits per heavy atom. The van der Waals surface area contributed by atoms with E-state index in [4.69, 9.17) is 0 Å². The fraction of sp³-hybridized carbons (Fsp3) is 0.588. The second-order valence-corrected chi connectivity index (χ2v) is 8.69. The minimum Gasteiger partial charge on any atom is -0.339 e. The Bertz CT molecular complexity index is 750. The molecule has 2 saturated heterocycles.